The number of unbranched alkanes of at least 4 members (excludes halogenated alkanes) is 1. The summed E-state index contributed by atoms with van der Waals surface area (Å²) in [6.45, 7) is 4.40. The number of amides is 2. The molecule has 0 aliphatic carbocycles. The van der Waals surface area contributed by atoms with Crippen LogP contribution in [0.1, 0.15) is 37.8 Å². The molecule has 2 amide bonds. The molecule has 0 saturated carbocycles. The third-order valence-electron chi connectivity index (χ3n) is 7.70. The molecule has 0 bridgehead atoms. The second-order valence-electron chi connectivity index (χ2n) is 11.1. The Morgan fingerprint density at radius 1 is 0.896 bits per heavy atom. The van der Waals surface area contributed by atoms with Gasteiger partial charge in [-0.3, -0.25) is 13.9 Å². The summed E-state index contributed by atoms with van der Waals surface area (Å²) in [6, 6.07) is 29.3. The van der Waals surface area contributed by atoms with E-state index in [2.05, 4.69) is 21.2 Å². The summed E-state index contributed by atoms with van der Waals surface area (Å²) >= 11 is 5.02. The summed E-state index contributed by atoms with van der Waals surface area (Å²) < 4.78 is 36.1. The molecule has 11 heteroatoms. The molecule has 0 aromatic heterocycles. The maximum absolute atomic E-state index is 14.6. The molecule has 4 rings (SSSR count). The number of carbonyl (C=O) groups excluding carboxylic acids is 2. The zero-order chi connectivity index (χ0) is 34.5. The van der Waals surface area contributed by atoms with Crippen LogP contribution in [0.4, 0.5) is 5.69 Å². The van der Waals surface area contributed by atoms with Gasteiger partial charge in [-0.25, -0.2) is 8.42 Å². The fraction of sp³-hybridized carbons (Fsp3) is 0.297. The Labute approximate surface area is 297 Å². The number of thioether (sulfide) groups is 1. The first-order valence-electron chi connectivity index (χ1n) is 15.9. The highest BCUT2D eigenvalue weighted by Gasteiger charge is 2.34. The molecule has 0 unspecified atom stereocenters. The van der Waals surface area contributed by atoms with Gasteiger partial charge in [0.25, 0.3) is 10.0 Å². The predicted octanol–water partition coefficient (Wildman–Crippen LogP) is 7.32. The second kappa shape index (κ2) is 18.1. The minimum absolute atomic E-state index is 0.0543. The van der Waals surface area contributed by atoms with E-state index in [1.54, 1.807) is 48.5 Å². The van der Waals surface area contributed by atoms with Crippen LogP contribution in [0.2, 0.25) is 0 Å². The molecular weight excluding hydrogens is 710 g/mol. The average Bonchev–Trinajstić information content (AvgIpc) is 3.09. The van der Waals surface area contributed by atoms with E-state index in [1.165, 1.54) is 16.7 Å². The SMILES string of the molecule is CCCCNC(=O)[C@H](Cc1ccccc1)N(Cc1cccc(Br)c1)C(=O)CN(c1ccc(OCC)cc1)S(=O)(=O)c1ccc(SC)cc1. The van der Waals surface area contributed by atoms with Crippen molar-refractivity contribution in [2.24, 2.45) is 0 Å². The highest BCUT2D eigenvalue weighted by molar-refractivity contribution is 9.10. The Balaban J connectivity index is 1.79. The average molecular weight is 753 g/mol. The summed E-state index contributed by atoms with van der Waals surface area (Å²) in [5.74, 6) is -0.226. The normalized spacial score (nSPS) is 11.8. The van der Waals surface area contributed by atoms with Crippen molar-refractivity contribution >= 4 is 55.2 Å². The van der Waals surface area contributed by atoms with Crippen LogP contribution in [0.3, 0.4) is 0 Å². The molecule has 48 heavy (non-hydrogen) atoms. The lowest BCUT2D eigenvalue weighted by Crippen LogP contribution is -2.53. The highest BCUT2D eigenvalue weighted by Crippen LogP contribution is 2.28. The van der Waals surface area contributed by atoms with Crippen LogP contribution >= 0.6 is 27.7 Å². The molecule has 0 aliphatic rings. The van der Waals surface area contributed by atoms with Gasteiger partial charge in [0.05, 0.1) is 17.2 Å². The van der Waals surface area contributed by atoms with Crippen LogP contribution in [0.15, 0.2) is 117 Å². The van der Waals surface area contributed by atoms with Crippen molar-refractivity contribution in [2.45, 2.75) is 55.5 Å². The Kier molecular flexibility index (Phi) is 14.0. The summed E-state index contributed by atoms with van der Waals surface area (Å²) in [7, 11) is -4.21. The molecule has 0 spiro atoms. The molecule has 0 radical (unpaired) electrons. The van der Waals surface area contributed by atoms with Crippen LogP contribution < -0.4 is 14.4 Å². The zero-order valence-corrected chi connectivity index (χ0v) is 30.7. The lowest BCUT2D eigenvalue weighted by Gasteiger charge is -2.34. The molecule has 1 atom stereocenters. The van der Waals surface area contributed by atoms with E-state index in [0.717, 1.165) is 37.6 Å². The Morgan fingerprint density at radius 3 is 2.21 bits per heavy atom. The second-order valence-corrected chi connectivity index (χ2v) is 14.8. The molecule has 4 aromatic rings. The summed E-state index contributed by atoms with van der Waals surface area (Å²) in [4.78, 5) is 31.0. The van der Waals surface area contributed by atoms with Crippen molar-refractivity contribution < 1.29 is 22.7 Å². The summed E-state index contributed by atoms with van der Waals surface area (Å²) in [5.41, 5.74) is 1.97. The minimum atomic E-state index is -4.21. The molecule has 8 nitrogen and oxygen atoms in total. The van der Waals surface area contributed by atoms with Gasteiger partial charge in [0, 0.05) is 28.9 Å². The van der Waals surface area contributed by atoms with Gasteiger partial charge in [0.1, 0.15) is 18.3 Å². The summed E-state index contributed by atoms with van der Waals surface area (Å²) in [5, 5.41) is 3.02. The molecule has 0 heterocycles. The maximum atomic E-state index is 14.6. The van der Waals surface area contributed by atoms with Gasteiger partial charge >= 0.3 is 0 Å². The van der Waals surface area contributed by atoms with Crippen molar-refractivity contribution in [3.8, 4) is 5.75 Å². The highest BCUT2D eigenvalue weighted by atomic mass is 79.9. The molecule has 4 aromatic carbocycles. The zero-order valence-electron chi connectivity index (χ0n) is 27.5. The Bertz CT molecular complexity index is 1740. The van der Waals surface area contributed by atoms with Gasteiger partial charge in [0.2, 0.25) is 11.8 Å². The number of ether oxygens (including phenoxy) is 1. The standard InChI is InChI=1S/C37H42BrN3O5S2/c1-4-6-23-39-37(43)35(25-28-11-8-7-9-12-28)40(26-29-13-10-14-30(38)24-29)36(42)27-41(31-15-17-32(18-16-31)46-5-2)48(44,45)34-21-19-33(47-3)20-22-34/h7-22,24,35H,4-6,23,25-27H2,1-3H3,(H,39,43)/t35-/m0/s1. The fourth-order valence-electron chi connectivity index (χ4n) is 5.17. The van der Waals surface area contributed by atoms with Crippen molar-refractivity contribution in [3.05, 3.63) is 119 Å². The first-order chi connectivity index (χ1) is 23.2. The lowest BCUT2D eigenvalue weighted by molar-refractivity contribution is -0.140. The van der Waals surface area contributed by atoms with Crippen molar-refractivity contribution in [3.63, 3.8) is 0 Å². The predicted molar refractivity (Wildman–Crippen MR) is 197 cm³/mol. The van der Waals surface area contributed by atoms with E-state index in [4.69, 9.17) is 4.74 Å². The fourth-order valence-corrected chi connectivity index (χ4v) is 7.44. The van der Waals surface area contributed by atoms with Gasteiger partial charge < -0.3 is 15.0 Å². The number of halogens is 1. The van der Waals surface area contributed by atoms with E-state index in [0.29, 0.717) is 24.6 Å². The van der Waals surface area contributed by atoms with Gasteiger partial charge in [-0.15, -0.1) is 11.8 Å². The largest absolute Gasteiger partial charge is 0.494 e. The van der Waals surface area contributed by atoms with E-state index in [1.807, 2.05) is 74.7 Å². The van der Waals surface area contributed by atoms with E-state index in [-0.39, 0.29) is 23.8 Å². The minimum Gasteiger partial charge on any atom is -0.494 e. The quantitative estimate of drug-likeness (QED) is 0.0898. The molecule has 0 saturated heterocycles. The van der Waals surface area contributed by atoms with Crippen LogP contribution in [0.5, 0.6) is 5.75 Å². The maximum Gasteiger partial charge on any atom is 0.264 e. The van der Waals surface area contributed by atoms with Gasteiger partial charge in [-0.05, 0) is 91.4 Å². The number of benzene rings is 4. The van der Waals surface area contributed by atoms with Gasteiger partial charge in [-0.2, -0.15) is 0 Å². The number of hydrogen-bond acceptors (Lipinski definition) is 6. The van der Waals surface area contributed by atoms with E-state index in [9.17, 15) is 18.0 Å². The number of anilines is 1. The molecule has 0 fully saturated rings. The molecule has 1 N–H and O–H groups in total. The number of hydrogen-bond donors (Lipinski definition) is 1. The third kappa shape index (κ3) is 10.1. The smallest absolute Gasteiger partial charge is 0.264 e. The van der Waals surface area contributed by atoms with Gasteiger partial charge in [-0.1, -0.05) is 71.7 Å². The Morgan fingerprint density at radius 2 is 1.58 bits per heavy atom. The van der Waals surface area contributed by atoms with Crippen LogP contribution in [0.25, 0.3) is 0 Å². The number of nitrogens with one attached hydrogen (secondary N) is 1. The van der Waals surface area contributed by atoms with Gasteiger partial charge in [0.15, 0.2) is 0 Å². The lowest BCUT2D eigenvalue weighted by atomic mass is 10.0. The third-order valence-corrected chi connectivity index (χ3v) is 10.7. The number of rotatable bonds is 17. The Hall–Kier alpha value is -3.80. The molecule has 254 valence electrons. The van der Waals surface area contributed by atoms with Crippen molar-refractivity contribution in [1.82, 2.24) is 10.2 Å². The number of sulfonamides is 1. The first kappa shape index (κ1) is 37.0. The van der Waals surface area contributed by atoms with E-state index >= 15 is 0 Å². The van der Waals surface area contributed by atoms with Crippen LogP contribution in [0, 0.1) is 0 Å². The summed E-state index contributed by atoms with van der Waals surface area (Å²) in [6.07, 6.45) is 3.86. The van der Waals surface area contributed by atoms with Crippen LogP contribution in [-0.4, -0.2) is 57.1 Å². The molecular formula is C37H42BrN3O5S2. The monoisotopic (exact) mass is 751 g/mol. The first-order valence-corrected chi connectivity index (χ1v) is 19.4. The van der Waals surface area contributed by atoms with Crippen molar-refractivity contribution in [2.75, 3.05) is 30.3 Å². The number of carbonyl (C=O) groups is 2. The topological polar surface area (TPSA) is 96.0 Å². The van der Waals surface area contributed by atoms with Crippen molar-refractivity contribution in [1.29, 1.82) is 0 Å². The number of nitrogens with zero attached hydrogens (tertiary/aromatic N) is 2. The van der Waals surface area contributed by atoms with E-state index < -0.39 is 28.5 Å². The molecule has 0 aliphatic heterocycles. The van der Waals surface area contributed by atoms with Crippen LogP contribution in [-0.2, 0) is 32.6 Å².